The Morgan fingerprint density at radius 3 is 2.70 bits per heavy atom. The molecule has 50 heavy (non-hydrogen) atoms. The van der Waals surface area contributed by atoms with E-state index in [0.29, 0.717) is 42.9 Å². The van der Waals surface area contributed by atoms with Gasteiger partial charge >= 0.3 is 12.2 Å². The van der Waals surface area contributed by atoms with Gasteiger partial charge in [0.15, 0.2) is 5.78 Å². The van der Waals surface area contributed by atoms with Crippen molar-refractivity contribution in [3.05, 3.63) is 53.0 Å². The van der Waals surface area contributed by atoms with E-state index in [4.69, 9.17) is 14.2 Å². The van der Waals surface area contributed by atoms with Crippen molar-refractivity contribution in [1.82, 2.24) is 20.4 Å². The number of hydrogen-bond donors (Lipinski definition) is 2. The predicted molar refractivity (Wildman–Crippen MR) is 178 cm³/mol. The maximum absolute atomic E-state index is 14.4. The first kappa shape index (κ1) is 35.6. The van der Waals surface area contributed by atoms with Gasteiger partial charge in [-0.25, -0.2) is 14.0 Å². The number of rotatable bonds is 6. The molecule has 0 aromatic heterocycles. The zero-order valence-corrected chi connectivity index (χ0v) is 29.0. The van der Waals surface area contributed by atoms with Crippen LogP contribution in [0.5, 0.6) is 0 Å². The van der Waals surface area contributed by atoms with Crippen LogP contribution in [0.4, 0.5) is 14.0 Å². The van der Waals surface area contributed by atoms with Gasteiger partial charge in [0.25, 0.3) is 0 Å². The van der Waals surface area contributed by atoms with Gasteiger partial charge in [0.2, 0.25) is 11.8 Å². The monoisotopic (exact) mass is 694 g/mol. The number of Topliss-reactive ketones (excluding diaryl/α,β-unsaturated/α-hetero) is 1. The molecule has 3 heterocycles. The van der Waals surface area contributed by atoms with Crippen LogP contribution in [0.15, 0.2) is 36.1 Å². The second-order valence-corrected chi connectivity index (χ2v) is 15.1. The normalized spacial score (nSPS) is 28.3. The van der Waals surface area contributed by atoms with E-state index < -0.39 is 59.1 Å². The minimum absolute atomic E-state index is 0.0204. The topological polar surface area (TPSA) is 144 Å². The zero-order chi connectivity index (χ0) is 35.6. The Balaban J connectivity index is 1.24. The Labute approximate surface area is 291 Å². The predicted octanol–water partition coefficient (Wildman–Crippen LogP) is 4.30. The van der Waals surface area contributed by atoms with Gasteiger partial charge in [-0.2, -0.15) is 0 Å². The molecule has 5 aliphatic rings. The van der Waals surface area contributed by atoms with Crippen molar-refractivity contribution >= 4 is 29.8 Å². The van der Waals surface area contributed by atoms with E-state index >= 15 is 0 Å². The van der Waals surface area contributed by atoms with E-state index in [0.717, 1.165) is 19.3 Å². The summed E-state index contributed by atoms with van der Waals surface area (Å²) in [5.41, 5.74) is 2.28. The highest BCUT2D eigenvalue weighted by Gasteiger charge is 2.60. The number of nitrogens with zero attached hydrogens (tertiary/aromatic N) is 2. The summed E-state index contributed by atoms with van der Waals surface area (Å²) in [5, 5.41) is 5.69. The van der Waals surface area contributed by atoms with Gasteiger partial charge in [-0.05, 0) is 76.2 Å². The van der Waals surface area contributed by atoms with Crippen molar-refractivity contribution in [3.63, 3.8) is 0 Å². The Morgan fingerprint density at radius 2 is 1.96 bits per heavy atom. The van der Waals surface area contributed by atoms with Crippen molar-refractivity contribution in [2.75, 3.05) is 19.8 Å². The van der Waals surface area contributed by atoms with Crippen LogP contribution in [0.1, 0.15) is 83.3 Å². The van der Waals surface area contributed by atoms with Gasteiger partial charge in [0.1, 0.15) is 35.1 Å². The number of halogens is 1. The van der Waals surface area contributed by atoms with E-state index in [1.807, 2.05) is 0 Å². The van der Waals surface area contributed by atoms with Gasteiger partial charge in [0, 0.05) is 37.5 Å². The average molecular weight is 695 g/mol. The summed E-state index contributed by atoms with van der Waals surface area (Å²) in [6.07, 6.45) is 5.49. The van der Waals surface area contributed by atoms with Crippen LogP contribution in [0.3, 0.4) is 0 Å². The lowest BCUT2D eigenvalue weighted by Crippen LogP contribution is -2.56. The summed E-state index contributed by atoms with van der Waals surface area (Å²) in [6.45, 7) is 5.80. The molecule has 1 saturated heterocycles. The quantitative estimate of drug-likeness (QED) is 0.420. The van der Waals surface area contributed by atoms with E-state index in [1.54, 1.807) is 45.1 Å². The van der Waals surface area contributed by atoms with Crippen LogP contribution in [0, 0.1) is 17.7 Å². The highest BCUT2D eigenvalue weighted by molar-refractivity contribution is 5.99. The standard InChI is InChI=1S/C37H47FN4O8/c1-36(2,3)50-34(46)39-29-11-7-17-48-16-5-4-9-25-19-37(25,31(43)15-14-23-12-13-23)40-32(44)30-18-26(21-42(30)33(29)45)49-35(47)41-20-24-8-6-10-28(38)27(24)22-41/h5-6,8-10,23,25-26,29-30H,7,11-22H2,1-3H3,(H,39,46)(H,40,44)/t4?,25-,26-,29+,30+,37-/m1/s1. The van der Waals surface area contributed by atoms with E-state index in [2.05, 4.69) is 16.4 Å². The van der Waals surface area contributed by atoms with Gasteiger partial charge in [-0.1, -0.05) is 25.0 Å². The molecule has 2 saturated carbocycles. The molecule has 2 N–H and O–H groups in total. The van der Waals surface area contributed by atoms with Crippen molar-refractivity contribution in [2.24, 2.45) is 11.8 Å². The number of benzene rings is 1. The minimum atomic E-state index is -1.12. The number of fused-ring (bicyclic) bond motifs is 3. The smallest absolute Gasteiger partial charge is 0.410 e. The van der Waals surface area contributed by atoms with E-state index in [-0.39, 0.29) is 50.8 Å². The molecule has 3 fully saturated rings. The summed E-state index contributed by atoms with van der Waals surface area (Å²) >= 11 is 0. The molecule has 6 rings (SSSR count). The van der Waals surface area contributed by atoms with Crippen molar-refractivity contribution < 1.29 is 42.6 Å². The molecule has 1 aromatic rings. The largest absolute Gasteiger partial charge is 0.444 e. The first-order valence-corrected chi connectivity index (χ1v) is 17.7. The third-order valence-electron chi connectivity index (χ3n) is 10.0. The average Bonchev–Trinajstić information content (AvgIpc) is 3.91. The Morgan fingerprint density at radius 1 is 1.16 bits per heavy atom. The van der Waals surface area contributed by atoms with Crippen molar-refractivity contribution in [2.45, 2.75) is 115 Å². The molecule has 5 atom stereocenters. The summed E-state index contributed by atoms with van der Waals surface area (Å²) in [7, 11) is 0. The van der Waals surface area contributed by atoms with Gasteiger partial charge in [0.05, 0.1) is 19.7 Å². The minimum Gasteiger partial charge on any atom is -0.444 e. The number of nitrogens with one attached hydrogen (secondary N) is 2. The SMILES string of the molecule is CC(C)(C)OC(=O)N[C@H]1CCCOCC=C=C[C@@H]2C[C@@]2(C(=O)CCC2CC2)NC(=O)[C@@H]2C[C@@H](OC(=O)N3Cc4cccc(F)c4C3)CN2C1=O. The molecule has 13 heteroatoms. The number of hydrogen-bond acceptors (Lipinski definition) is 8. The van der Waals surface area contributed by atoms with Crippen LogP contribution in [0.25, 0.3) is 0 Å². The first-order chi connectivity index (χ1) is 23.8. The van der Waals surface area contributed by atoms with Crippen LogP contribution < -0.4 is 10.6 Å². The van der Waals surface area contributed by atoms with Gasteiger partial charge in [-0.15, -0.1) is 5.73 Å². The molecule has 0 bridgehead atoms. The second-order valence-electron chi connectivity index (χ2n) is 15.1. The molecule has 0 unspecified atom stereocenters. The number of amides is 4. The van der Waals surface area contributed by atoms with E-state index in [1.165, 1.54) is 15.9 Å². The maximum atomic E-state index is 14.4. The van der Waals surface area contributed by atoms with Crippen molar-refractivity contribution in [1.29, 1.82) is 0 Å². The number of alkyl carbamates (subject to hydrolysis) is 1. The molecule has 2 aliphatic carbocycles. The number of ketones is 1. The molecular formula is C37H47FN4O8. The molecular weight excluding hydrogens is 647 g/mol. The van der Waals surface area contributed by atoms with E-state index in [9.17, 15) is 28.4 Å². The molecule has 1 aromatic carbocycles. The number of carbonyl (C=O) groups excluding carboxylic acids is 5. The Kier molecular flexibility index (Phi) is 10.4. The summed E-state index contributed by atoms with van der Waals surface area (Å²) < 4.78 is 31.4. The molecule has 3 aliphatic heterocycles. The van der Waals surface area contributed by atoms with Gasteiger partial charge in [-0.3, -0.25) is 19.3 Å². The lowest BCUT2D eigenvalue weighted by atomic mass is 10.0. The Hall–Kier alpha value is -4.22. The lowest BCUT2D eigenvalue weighted by molar-refractivity contribution is -0.141. The van der Waals surface area contributed by atoms with Gasteiger partial charge < -0.3 is 29.7 Å². The van der Waals surface area contributed by atoms with Crippen LogP contribution in [-0.2, 0) is 41.7 Å². The zero-order valence-electron chi connectivity index (χ0n) is 29.0. The number of carbonyl (C=O) groups is 5. The molecule has 270 valence electrons. The third kappa shape index (κ3) is 8.38. The second kappa shape index (κ2) is 14.6. The fraction of sp³-hybridized carbons (Fsp3) is 0.622. The molecule has 4 amide bonds. The first-order valence-electron chi connectivity index (χ1n) is 17.7. The molecule has 12 nitrogen and oxygen atoms in total. The third-order valence-corrected chi connectivity index (χ3v) is 10.0. The summed E-state index contributed by atoms with van der Waals surface area (Å²) in [5.74, 6) is -1.25. The maximum Gasteiger partial charge on any atom is 0.410 e. The fourth-order valence-electron chi connectivity index (χ4n) is 7.06. The lowest BCUT2D eigenvalue weighted by Gasteiger charge is -2.30. The Bertz CT molecular complexity index is 1580. The molecule has 0 radical (unpaired) electrons. The van der Waals surface area contributed by atoms with Crippen molar-refractivity contribution in [3.8, 4) is 0 Å². The van der Waals surface area contributed by atoms with Crippen LogP contribution in [-0.4, -0.2) is 88.7 Å². The number of ether oxygens (including phenoxy) is 3. The summed E-state index contributed by atoms with van der Waals surface area (Å²) in [6, 6.07) is 2.53. The fourth-order valence-corrected chi connectivity index (χ4v) is 7.06. The molecule has 0 spiro atoms. The highest BCUT2D eigenvalue weighted by Crippen LogP contribution is 2.47. The van der Waals surface area contributed by atoms with Crippen LogP contribution >= 0.6 is 0 Å². The highest BCUT2D eigenvalue weighted by atomic mass is 19.1. The summed E-state index contributed by atoms with van der Waals surface area (Å²) in [4.78, 5) is 71.0. The van der Waals surface area contributed by atoms with Crippen LogP contribution in [0.2, 0.25) is 0 Å².